The fourth-order valence-corrected chi connectivity index (χ4v) is 7.67. The Kier molecular flexibility index (Phi) is 7.45. The van der Waals surface area contributed by atoms with Gasteiger partial charge in [-0.15, -0.1) is 0 Å². The molecule has 5 rings (SSSR count). The van der Waals surface area contributed by atoms with E-state index in [9.17, 15) is 13.2 Å². The van der Waals surface area contributed by atoms with Crippen LogP contribution in [0.3, 0.4) is 0 Å². The zero-order chi connectivity index (χ0) is 25.4. The fourth-order valence-electron chi connectivity index (χ4n) is 4.75. The minimum absolute atomic E-state index is 0.0224. The first-order valence-corrected chi connectivity index (χ1v) is 14.4. The van der Waals surface area contributed by atoms with Gasteiger partial charge in [-0.3, -0.25) is 4.79 Å². The first-order valence-electron chi connectivity index (χ1n) is 11.4. The Morgan fingerprint density at radius 2 is 1.61 bits per heavy atom. The van der Waals surface area contributed by atoms with Gasteiger partial charge in [0.2, 0.25) is 15.9 Å². The maximum Gasteiger partial charge on any atom is 0.247 e. The lowest BCUT2D eigenvalue weighted by molar-refractivity contribution is -0.143. The van der Waals surface area contributed by atoms with Crippen LogP contribution in [-0.4, -0.2) is 49.3 Å². The molecule has 0 saturated carbocycles. The smallest absolute Gasteiger partial charge is 0.247 e. The Morgan fingerprint density at radius 3 is 2.31 bits per heavy atom. The Hall–Kier alpha value is -1.94. The van der Waals surface area contributed by atoms with E-state index in [2.05, 4.69) is 15.9 Å². The van der Waals surface area contributed by atoms with Gasteiger partial charge in [0.15, 0.2) is 0 Å². The standard InChI is InChI=1S/C26H23BrCl2N2O4S/c27-20-10-8-17(9-11-20)24-16-30(12-13-35-24)26(32)23-14-18-4-1-2-5-19(18)15-31(23)36(33,34)25-21(28)6-3-7-22(25)29/h1-11,23-24H,12-16H2. The summed E-state index contributed by atoms with van der Waals surface area (Å²) in [7, 11) is -4.18. The number of benzene rings is 3. The number of sulfonamides is 1. The molecule has 1 fully saturated rings. The van der Waals surface area contributed by atoms with Crippen molar-refractivity contribution in [2.24, 2.45) is 0 Å². The average molecular weight is 610 g/mol. The van der Waals surface area contributed by atoms with Gasteiger partial charge in [0.25, 0.3) is 0 Å². The molecule has 3 aromatic carbocycles. The summed E-state index contributed by atoms with van der Waals surface area (Å²) >= 11 is 16.0. The highest BCUT2D eigenvalue weighted by atomic mass is 79.9. The molecule has 6 nitrogen and oxygen atoms in total. The molecule has 188 valence electrons. The second kappa shape index (κ2) is 10.4. The molecule has 0 N–H and O–H groups in total. The van der Waals surface area contributed by atoms with Crippen molar-refractivity contribution in [3.8, 4) is 0 Å². The van der Waals surface area contributed by atoms with Gasteiger partial charge >= 0.3 is 0 Å². The number of rotatable bonds is 4. The number of carbonyl (C=O) groups is 1. The molecule has 0 spiro atoms. The van der Waals surface area contributed by atoms with Crippen LogP contribution in [-0.2, 0) is 32.5 Å². The zero-order valence-electron chi connectivity index (χ0n) is 19.1. The monoisotopic (exact) mass is 608 g/mol. The van der Waals surface area contributed by atoms with Gasteiger partial charge in [-0.1, -0.05) is 81.6 Å². The van der Waals surface area contributed by atoms with Crippen molar-refractivity contribution in [3.05, 3.63) is 97.9 Å². The zero-order valence-corrected chi connectivity index (χ0v) is 23.0. The van der Waals surface area contributed by atoms with E-state index in [1.807, 2.05) is 48.5 Å². The molecule has 3 aromatic rings. The molecule has 10 heteroatoms. The number of fused-ring (bicyclic) bond motifs is 1. The van der Waals surface area contributed by atoms with E-state index < -0.39 is 16.1 Å². The molecular formula is C26H23BrCl2N2O4S. The second-order valence-corrected chi connectivity index (χ2v) is 12.3. The predicted molar refractivity (Wildman–Crippen MR) is 143 cm³/mol. The minimum Gasteiger partial charge on any atom is -0.370 e. The molecule has 2 aliphatic rings. The van der Waals surface area contributed by atoms with Gasteiger partial charge in [-0.25, -0.2) is 8.42 Å². The number of morpholine rings is 1. The van der Waals surface area contributed by atoms with Crippen LogP contribution in [0.1, 0.15) is 22.8 Å². The first-order chi connectivity index (χ1) is 17.3. The Bertz CT molecular complexity index is 1380. The van der Waals surface area contributed by atoms with Crippen molar-refractivity contribution in [1.82, 2.24) is 9.21 Å². The van der Waals surface area contributed by atoms with E-state index in [-0.39, 0.29) is 39.9 Å². The van der Waals surface area contributed by atoms with Crippen molar-refractivity contribution in [3.63, 3.8) is 0 Å². The lowest BCUT2D eigenvalue weighted by Gasteiger charge is -2.40. The third-order valence-corrected chi connectivity index (χ3v) is 9.94. The van der Waals surface area contributed by atoms with E-state index in [0.717, 1.165) is 21.2 Å². The van der Waals surface area contributed by atoms with Gasteiger partial charge in [-0.05, 0) is 47.4 Å². The van der Waals surface area contributed by atoms with Crippen LogP contribution in [0.25, 0.3) is 0 Å². The molecule has 0 aromatic heterocycles. The highest BCUT2D eigenvalue weighted by Gasteiger charge is 2.43. The lowest BCUT2D eigenvalue weighted by atomic mass is 9.95. The topological polar surface area (TPSA) is 66.9 Å². The summed E-state index contributed by atoms with van der Waals surface area (Å²) < 4.78 is 36.0. The summed E-state index contributed by atoms with van der Waals surface area (Å²) in [6.45, 7) is 1.12. The van der Waals surface area contributed by atoms with E-state index in [1.54, 1.807) is 11.0 Å². The van der Waals surface area contributed by atoms with E-state index in [4.69, 9.17) is 27.9 Å². The van der Waals surface area contributed by atoms with Crippen LogP contribution in [0.4, 0.5) is 0 Å². The van der Waals surface area contributed by atoms with Gasteiger partial charge in [0, 0.05) is 17.6 Å². The highest BCUT2D eigenvalue weighted by Crippen LogP contribution is 2.36. The SMILES string of the molecule is O=C(C1Cc2ccccc2CN1S(=O)(=O)c1c(Cl)cccc1Cl)N1CCOC(c2ccc(Br)cc2)C1. The highest BCUT2D eigenvalue weighted by molar-refractivity contribution is 9.10. The van der Waals surface area contributed by atoms with Crippen molar-refractivity contribution >= 4 is 55.1 Å². The number of halogens is 3. The molecule has 2 unspecified atom stereocenters. The van der Waals surface area contributed by atoms with E-state index in [0.29, 0.717) is 19.7 Å². The largest absolute Gasteiger partial charge is 0.370 e. The van der Waals surface area contributed by atoms with Crippen molar-refractivity contribution < 1.29 is 17.9 Å². The minimum atomic E-state index is -4.18. The second-order valence-electron chi connectivity index (χ2n) is 8.78. The van der Waals surface area contributed by atoms with Crippen LogP contribution >= 0.6 is 39.1 Å². The summed E-state index contributed by atoms with van der Waals surface area (Å²) in [4.78, 5) is 15.5. The fraction of sp³-hybridized carbons (Fsp3) is 0.269. The van der Waals surface area contributed by atoms with Crippen LogP contribution in [0, 0.1) is 0 Å². The number of carbonyl (C=O) groups excluding carboxylic acids is 1. The maximum atomic E-state index is 13.9. The quantitative estimate of drug-likeness (QED) is 0.393. The molecular weight excluding hydrogens is 587 g/mol. The van der Waals surface area contributed by atoms with E-state index in [1.165, 1.54) is 16.4 Å². The van der Waals surface area contributed by atoms with Gasteiger partial charge in [0.1, 0.15) is 17.0 Å². The molecule has 2 heterocycles. The van der Waals surface area contributed by atoms with Crippen molar-refractivity contribution in [1.29, 1.82) is 0 Å². The molecule has 2 aliphatic heterocycles. The third kappa shape index (κ3) is 4.95. The summed E-state index contributed by atoms with van der Waals surface area (Å²) in [5.74, 6) is -0.262. The average Bonchev–Trinajstić information content (AvgIpc) is 2.88. The van der Waals surface area contributed by atoms with Crippen LogP contribution < -0.4 is 0 Å². The summed E-state index contributed by atoms with van der Waals surface area (Å²) in [6.07, 6.45) is -0.0360. The Balaban J connectivity index is 1.49. The van der Waals surface area contributed by atoms with Gasteiger partial charge in [-0.2, -0.15) is 4.31 Å². The predicted octanol–water partition coefficient (Wildman–Crippen LogP) is 5.47. The molecule has 0 bridgehead atoms. The number of nitrogens with zero attached hydrogens (tertiary/aromatic N) is 2. The summed E-state index contributed by atoms with van der Waals surface area (Å²) in [5, 5.41) is 0.0449. The van der Waals surface area contributed by atoms with E-state index >= 15 is 0 Å². The number of amides is 1. The third-order valence-electron chi connectivity index (χ3n) is 6.60. The molecule has 1 saturated heterocycles. The Labute approximate surface area is 228 Å². The summed E-state index contributed by atoms with van der Waals surface area (Å²) in [5.41, 5.74) is 2.75. The van der Waals surface area contributed by atoms with Crippen molar-refractivity contribution in [2.75, 3.05) is 19.7 Å². The van der Waals surface area contributed by atoms with Crippen molar-refractivity contribution in [2.45, 2.75) is 30.0 Å². The van der Waals surface area contributed by atoms with Crippen LogP contribution in [0.5, 0.6) is 0 Å². The number of hydrogen-bond donors (Lipinski definition) is 0. The molecule has 36 heavy (non-hydrogen) atoms. The van der Waals surface area contributed by atoms with Crippen LogP contribution in [0.15, 0.2) is 76.1 Å². The van der Waals surface area contributed by atoms with Gasteiger partial charge in [0.05, 0.1) is 23.2 Å². The van der Waals surface area contributed by atoms with Crippen LogP contribution in [0.2, 0.25) is 10.0 Å². The number of ether oxygens (including phenoxy) is 1. The molecule has 0 radical (unpaired) electrons. The molecule has 1 amide bonds. The lowest BCUT2D eigenvalue weighted by Crippen LogP contribution is -2.55. The maximum absolute atomic E-state index is 13.9. The van der Waals surface area contributed by atoms with Gasteiger partial charge < -0.3 is 9.64 Å². The first kappa shape index (κ1) is 25.7. The number of hydrogen-bond acceptors (Lipinski definition) is 4. The molecule has 0 aliphatic carbocycles. The summed E-state index contributed by atoms with van der Waals surface area (Å²) in [6, 6.07) is 19.0. The Morgan fingerprint density at radius 1 is 0.944 bits per heavy atom. The molecule has 2 atom stereocenters. The normalized spacial score (nSPS) is 20.7.